The van der Waals surface area contributed by atoms with E-state index in [2.05, 4.69) is 22.6 Å². The van der Waals surface area contributed by atoms with Crippen molar-refractivity contribution in [2.75, 3.05) is 62.6 Å². The largest absolute Gasteiger partial charge is 0.481 e. The van der Waals surface area contributed by atoms with Crippen LogP contribution < -0.4 is 15.0 Å². The number of carbonyl (C=O) groups is 2. The van der Waals surface area contributed by atoms with Gasteiger partial charge in [0.25, 0.3) is 0 Å². The van der Waals surface area contributed by atoms with E-state index in [1.807, 2.05) is 29.8 Å². The Kier molecular flexibility index (Phi) is 9.07. The second-order valence-corrected chi connectivity index (χ2v) is 10.7. The van der Waals surface area contributed by atoms with Gasteiger partial charge in [0.05, 0.1) is 25.3 Å². The lowest BCUT2D eigenvalue weighted by Gasteiger charge is -2.37. The summed E-state index contributed by atoms with van der Waals surface area (Å²) in [6.45, 7) is 4.35. The molecule has 1 saturated heterocycles. The molecule has 10 nitrogen and oxygen atoms in total. The number of rotatable bonds is 8. The number of urea groups is 1. The normalized spacial score (nSPS) is 16.6. The van der Waals surface area contributed by atoms with Gasteiger partial charge in [0.1, 0.15) is 17.7 Å². The Morgan fingerprint density at radius 3 is 2.84 bits per heavy atom. The number of thioether (sulfide) groups is 1. The average Bonchev–Trinajstić information content (AvgIpc) is 2.92. The molecule has 2 aromatic heterocycles. The lowest BCUT2D eigenvalue weighted by atomic mass is 9.99. The zero-order valence-electron chi connectivity index (χ0n) is 22.5. The number of hydrogen-bond donors (Lipinski definition) is 1. The molecule has 2 aromatic rings. The summed E-state index contributed by atoms with van der Waals surface area (Å²) >= 11 is 1.76. The molecular weight excluding hydrogens is 502 g/mol. The first kappa shape index (κ1) is 27.7. The van der Waals surface area contributed by atoms with Crippen molar-refractivity contribution >= 4 is 35.3 Å². The molecular formula is C27H35N7O3S. The monoisotopic (exact) mass is 537 g/mol. The van der Waals surface area contributed by atoms with E-state index in [0.717, 1.165) is 54.7 Å². The molecule has 38 heavy (non-hydrogen) atoms. The van der Waals surface area contributed by atoms with Crippen molar-refractivity contribution in [2.24, 2.45) is 0 Å². The molecule has 0 radical (unpaired) electrons. The highest BCUT2D eigenvalue weighted by molar-refractivity contribution is 7.98. The van der Waals surface area contributed by atoms with Gasteiger partial charge in [-0.15, -0.1) is 0 Å². The van der Waals surface area contributed by atoms with Crippen molar-refractivity contribution in [3.8, 4) is 11.9 Å². The van der Waals surface area contributed by atoms with Crippen LogP contribution in [0.25, 0.3) is 0 Å². The number of nitriles is 1. The van der Waals surface area contributed by atoms with Gasteiger partial charge in [0, 0.05) is 31.4 Å². The highest BCUT2D eigenvalue weighted by Crippen LogP contribution is 2.36. The smallest absolute Gasteiger partial charge is 0.328 e. The molecule has 2 aliphatic rings. The summed E-state index contributed by atoms with van der Waals surface area (Å²) in [5, 5.41) is 12.3. The number of piperazine rings is 1. The summed E-state index contributed by atoms with van der Waals surface area (Å²) in [7, 11) is 3.50. The van der Waals surface area contributed by atoms with E-state index in [1.54, 1.807) is 29.8 Å². The quantitative estimate of drug-likeness (QED) is 0.509. The number of methoxy groups -OCH3 is 1. The van der Waals surface area contributed by atoms with Crippen molar-refractivity contribution in [3.63, 3.8) is 0 Å². The summed E-state index contributed by atoms with van der Waals surface area (Å²) in [6, 6.07) is 5.48. The first-order valence-corrected chi connectivity index (χ1v) is 14.3. The molecule has 0 bridgehead atoms. The number of likely N-dealkylation sites (N-methyl/N-ethyl adjacent to an activating group) is 1. The first-order chi connectivity index (χ1) is 18.4. The summed E-state index contributed by atoms with van der Waals surface area (Å²) in [5.41, 5.74) is 3.19. The van der Waals surface area contributed by atoms with Crippen molar-refractivity contribution in [2.45, 2.75) is 38.6 Å². The topological polar surface area (TPSA) is 115 Å². The maximum atomic E-state index is 13.4. The standard InChI is InChI=1S/C27H35N7O3S/c1-18(33-11-10-32(2)17-24(33)35)22-13-20-7-5-9-34(25(20)31-26(22)37-3)27(36)30-23-14-19(8-6-12-38-4)21(15-28)16-29-23/h13-14,16,18H,5-12,17H2,1-4H3,(H,29,30,36). The number of ether oxygens (including phenoxy) is 1. The van der Waals surface area contributed by atoms with Gasteiger partial charge in [0.2, 0.25) is 11.8 Å². The second-order valence-electron chi connectivity index (χ2n) is 9.69. The number of anilines is 2. The van der Waals surface area contributed by atoms with Crippen LogP contribution in [0.4, 0.5) is 16.4 Å². The minimum Gasteiger partial charge on any atom is -0.481 e. The van der Waals surface area contributed by atoms with Crippen LogP contribution in [-0.4, -0.2) is 84.1 Å². The molecule has 2 aliphatic heterocycles. The van der Waals surface area contributed by atoms with Crippen LogP contribution >= 0.6 is 11.8 Å². The third kappa shape index (κ3) is 6.03. The Hall–Kier alpha value is -3.36. The predicted molar refractivity (Wildman–Crippen MR) is 149 cm³/mol. The average molecular weight is 538 g/mol. The van der Waals surface area contributed by atoms with Gasteiger partial charge in [-0.25, -0.2) is 9.78 Å². The van der Waals surface area contributed by atoms with Crippen molar-refractivity contribution in [1.29, 1.82) is 5.26 Å². The number of fused-ring (bicyclic) bond motifs is 1. The highest BCUT2D eigenvalue weighted by atomic mass is 32.2. The van der Waals surface area contributed by atoms with E-state index in [9.17, 15) is 14.9 Å². The number of carbonyl (C=O) groups excluding carboxylic acids is 2. The lowest BCUT2D eigenvalue weighted by Crippen LogP contribution is -2.49. The number of nitrogens with zero attached hydrogens (tertiary/aromatic N) is 6. The molecule has 1 atom stereocenters. The van der Waals surface area contributed by atoms with Crippen molar-refractivity contribution in [3.05, 3.63) is 40.6 Å². The maximum Gasteiger partial charge on any atom is 0.328 e. The van der Waals surface area contributed by atoms with Crippen LogP contribution in [0.1, 0.15) is 48.1 Å². The Bertz CT molecular complexity index is 1230. The van der Waals surface area contributed by atoms with Crippen molar-refractivity contribution in [1.82, 2.24) is 19.8 Å². The van der Waals surface area contributed by atoms with Crippen LogP contribution in [0.2, 0.25) is 0 Å². The Labute approximate surface area is 228 Å². The van der Waals surface area contributed by atoms with Crippen LogP contribution in [-0.2, 0) is 17.6 Å². The zero-order chi connectivity index (χ0) is 27.2. The highest BCUT2D eigenvalue weighted by Gasteiger charge is 2.32. The second kappa shape index (κ2) is 12.5. The summed E-state index contributed by atoms with van der Waals surface area (Å²) in [5.74, 6) is 2.45. The fourth-order valence-corrected chi connectivity index (χ4v) is 5.43. The summed E-state index contributed by atoms with van der Waals surface area (Å²) in [6.07, 6.45) is 6.83. The van der Waals surface area contributed by atoms with E-state index < -0.39 is 0 Å². The number of amides is 3. The van der Waals surface area contributed by atoms with Gasteiger partial charge in [-0.1, -0.05) is 0 Å². The third-order valence-electron chi connectivity index (χ3n) is 7.10. The van der Waals surface area contributed by atoms with Gasteiger partial charge in [-0.3, -0.25) is 19.9 Å². The molecule has 0 saturated carbocycles. The molecule has 4 heterocycles. The molecule has 202 valence electrons. The number of aromatic nitrogens is 2. The third-order valence-corrected chi connectivity index (χ3v) is 7.80. The van der Waals surface area contributed by atoms with Gasteiger partial charge in [-0.05, 0) is 74.9 Å². The fourth-order valence-electron chi connectivity index (χ4n) is 5.00. The van der Waals surface area contributed by atoms with Crippen LogP contribution in [0.5, 0.6) is 5.88 Å². The number of aryl methyl sites for hydroxylation is 2. The summed E-state index contributed by atoms with van der Waals surface area (Å²) < 4.78 is 5.65. The van der Waals surface area contributed by atoms with Gasteiger partial charge >= 0.3 is 6.03 Å². The zero-order valence-corrected chi connectivity index (χ0v) is 23.3. The molecule has 0 aromatic carbocycles. The number of hydrogen-bond acceptors (Lipinski definition) is 8. The minimum absolute atomic E-state index is 0.0785. The minimum atomic E-state index is -0.331. The maximum absolute atomic E-state index is 13.4. The molecule has 11 heteroatoms. The number of nitrogens with one attached hydrogen (secondary N) is 1. The molecule has 0 aliphatic carbocycles. The number of pyridine rings is 2. The van der Waals surface area contributed by atoms with Crippen LogP contribution in [0.15, 0.2) is 18.3 Å². The van der Waals surface area contributed by atoms with E-state index in [1.165, 1.54) is 6.20 Å². The van der Waals surface area contributed by atoms with Crippen LogP contribution in [0, 0.1) is 11.3 Å². The Morgan fingerprint density at radius 1 is 1.32 bits per heavy atom. The molecule has 3 amide bonds. The van der Waals surface area contributed by atoms with Gasteiger partial charge < -0.3 is 9.64 Å². The van der Waals surface area contributed by atoms with Crippen LogP contribution in [0.3, 0.4) is 0 Å². The van der Waals surface area contributed by atoms with Crippen molar-refractivity contribution < 1.29 is 14.3 Å². The summed E-state index contributed by atoms with van der Waals surface area (Å²) in [4.78, 5) is 40.6. The van der Waals surface area contributed by atoms with E-state index >= 15 is 0 Å². The first-order valence-electron chi connectivity index (χ1n) is 12.9. The fraction of sp³-hybridized carbons (Fsp3) is 0.519. The molecule has 1 unspecified atom stereocenters. The lowest BCUT2D eigenvalue weighted by molar-refractivity contribution is -0.137. The van der Waals surface area contributed by atoms with E-state index in [4.69, 9.17) is 9.72 Å². The molecule has 1 N–H and O–H groups in total. The predicted octanol–water partition coefficient (Wildman–Crippen LogP) is 3.47. The van der Waals surface area contributed by atoms with E-state index in [-0.39, 0.29) is 18.0 Å². The van der Waals surface area contributed by atoms with E-state index in [0.29, 0.717) is 42.7 Å². The van der Waals surface area contributed by atoms with Gasteiger partial charge in [0.15, 0.2) is 0 Å². The van der Waals surface area contributed by atoms with Gasteiger partial charge in [-0.2, -0.15) is 22.0 Å². The SMILES string of the molecule is COc1nc2c(cc1C(C)N1CCN(C)CC1=O)CCCN2C(=O)Nc1cc(CCCSC)c(C#N)cn1. The Morgan fingerprint density at radius 2 is 2.13 bits per heavy atom. The Balaban J connectivity index is 1.56. The molecule has 4 rings (SSSR count). The molecule has 1 fully saturated rings. The molecule has 0 spiro atoms.